The molecule has 6 heteroatoms. The molecule has 0 aromatic heterocycles. The SMILES string of the molecule is CC(CO)NC(=O)Nc1cc(F)ccc1OC(C)C. The van der Waals surface area contributed by atoms with Crippen molar-refractivity contribution in [2.45, 2.75) is 32.9 Å². The van der Waals surface area contributed by atoms with Crippen molar-refractivity contribution in [1.82, 2.24) is 5.32 Å². The lowest BCUT2D eigenvalue weighted by Crippen LogP contribution is -2.38. The first-order valence-corrected chi connectivity index (χ1v) is 6.07. The van der Waals surface area contributed by atoms with Crippen molar-refractivity contribution in [1.29, 1.82) is 0 Å². The Hall–Kier alpha value is -1.82. The molecule has 0 bridgehead atoms. The third-order valence-electron chi connectivity index (χ3n) is 2.20. The topological polar surface area (TPSA) is 70.6 Å². The maximum atomic E-state index is 13.2. The Balaban J connectivity index is 2.80. The van der Waals surface area contributed by atoms with Gasteiger partial charge in [-0.15, -0.1) is 0 Å². The van der Waals surface area contributed by atoms with Gasteiger partial charge in [-0.2, -0.15) is 0 Å². The van der Waals surface area contributed by atoms with E-state index >= 15 is 0 Å². The van der Waals surface area contributed by atoms with Crippen molar-refractivity contribution in [2.75, 3.05) is 11.9 Å². The highest BCUT2D eigenvalue weighted by Gasteiger charge is 2.12. The summed E-state index contributed by atoms with van der Waals surface area (Å²) in [5.41, 5.74) is 0.247. The summed E-state index contributed by atoms with van der Waals surface area (Å²) in [5, 5.41) is 13.8. The minimum absolute atomic E-state index is 0.0922. The number of nitrogens with one attached hydrogen (secondary N) is 2. The Morgan fingerprint density at radius 3 is 2.68 bits per heavy atom. The lowest BCUT2D eigenvalue weighted by molar-refractivity contribution is 0.228. The van der Waals surface area contributed by atoms with E-state index in [2.05, 4.69) is 10.6 Å². The van der Waals surface area contributed by atoms with Gasteiger partial charge >= 0.3 is 6.03 Å². The summed E-state index contributed by atoms with van der Waals surface area (Å²) in [6.07, 6.45) is -0.0922. The molecule has 0 saturated heterocycles. The van der Waals surface area contributed by atoms with Gasteiger partial charge in [0.05, 0.1) is 24.4 Å². The fourth-order valence-electron chi connectivity index (χ4n) is 1.38. The second-order valence-electron chi connectivity index (χ2n) is 4.49. The quantitative estimate of drug-likeness (QED) is 0.767. The number of urea groups is 1. The number of halogens is 1. The van der Waals surface area contributed by atoms with Crippen LogP contribution in [0.25, 0.3) is 0 Å². The predicted octanol–water partition coefficient (Wildman–Crippen LogP) is 2.12. The molecule has 0 aliphatic heterocycles. The summed E-state index contributed by atoms with van der Waals surface area (Å²) in [5.74, 6) is -0.0789. The number of benzene rings is 1. The molecule has 1 unspecified atom stereocenters. The van der Waals surface area contributed by atoms with Crippen LogP contribution in [0.2, 0.25) is 0 Å². The van der Waals surface area contributed by atoms with E-state index in [1.54, 1.807) is 6.92 Å². The molecule has 1 aromatic rings. The van der Waals surface area contributed by atoms with Crippen molar-refractivity contribution in [3.05, 3.63) is 24.0 Å². The van der Waals surface area contributed by atoms with E-state index < -0.39 is 11.8 Å². The van der Waals surface area contributed by atoms with Crippen LogP contribution in [0.3, 0.4) is 0 Å². The maximum Gasteiger partial charge on any atom is 0.319 e. The number of hydrogen-bond donors (Lipinski definition) is 3. The Bertz CT molecular complexity index is 438. The van der Waals surface area contributed by atoms with Gasteiger partial charge in [-0.25, -0.2) is 9.18 Å². The second-order valence-corrected chi connectivity index (χ2v) is 4.49. The molecule has 5 nitrogen and oxygen atoms in total. The summed E-state index contributed by atoms with van der Waals surface area (Å²) in [7, 11) is 0. The van der Waals surface area contributed by atoms with E-state index in [1.165, 1.54) is 18.2 Å². The lowest BCUT2D eigenvalue weighted by atomic mass is 10.2. The number of aliphatic hydroxyl groups is 1. The summed E-state index contributed by atoms with van der Waals surface area (Å²) >= 11 is 0. The first-order chi connectivity index (χ1) is 8.92. The van der Waals surface area contributed by atoms with Crippen molar-refractivity contribution in [2.24, 2.45) is 0 Å². The largest absolute Gasteiger partial charge is 0.489 e. The Labute approximate surface area is 111 Å². The summed E-state index contributed by atoms with van der Waals surface area (Å²) in [6, 6.07) is 2.99. The Kier molecular flexibility index (Phi) is 5.57. The second kappa shape index (κ2) is 6.94. The monoisotopic (exact) mass is 270 g/mol. The zero-order chi connectivity index (χ0) is 14.4. The van der Waals surface area contributed by atoms with E-state index in [1.807, 2.05) is 13.8 Å². The molecular formula is C13H19FN2O3. The van der Waals surface area contributed by atoms with E-state index in [9.17, 15) is 9.18 Å². The third-order valence-corrected chi connectivity index (χ3v) is 2.20. The van der Waals surface area contributed by atoms with Crippen molar-refractivity contribution in [3.63, 3.8) is 0 Å². The first kappa shape index (κ1) is 15.2. The highest BCUT2D eigenvalue weighted by molar-refractivity contribution is 5.91. The zero-order valence-corrected chi connectivity index (χ0v) is 11.2. The number of ether oxygens (including phenoxy) is 1. The van der Waals surface area contributed by atoms with Gasteiger partial charge in [0.25, 0.3) is 0 Å². The summed E-state index contributed by atoms with van der Waals surface area (Å²) in [6.45, 7) is 5.14. The number of rotatable bonds is 5. The van der Waals surface area contributed by atoms with Crippen LogP contribution in [0, 0.1) is 5.82 Å². The lowest BCUT2D eigenvalue weighted by Gasteiger charge is -2.16. The van der Waals surface area contributed by atoms with Crippen molar-refractivity contribution >= 4 is 11.7 Å². The smallest absolute Gasteiger partial charge is 0.319 e. The van der Waals surface area contributed by atoms with Gasteiger partial charge in [0, 0.05) is 6.07 Å². The number of carbonyl (C=O) groups excluding carboxylic acids is 1. The molecule has 0 aliphatic rings. The maximum absolute atomic E-state index is 13.2. The number of hydrogen-bond acceptors (Lipinski definition) is 3. The van der Waals surface area contributed by atoms with E-state index in [0.29, 0.717) is 5.75 Å². The highest BCUT2D eigenvalue weighted by Crippen LogP contribution is 2.26. The molecule has 1 rings (SSSR count). The van der Waals surface area contributed by atoms with E-state index in [0.717, 1.165) is 0 Å². The van der Waals surface area contributed by atoms with Gasteiger partial charge < -0.3 is 20.5 Å². The average Bonchev–Trinajstić information content (AvgIpc) is 2.31. The van der Waals surface area contributed by atoms with Crippen LogP contribution >= 0.6 is 0 Å². The standard InChI is InChI=1S/C13H19FN2O3/c1-8(2)19-12-5-4-10(14)6-11(12)16-13(18)15-9(3)7-17/h4-6,8-9,17H,7H2,1-3H3,(H2,15,16,18). The molecule has 0 spiro atoms. The average molecular weight is 270 g/mol. The summed E-state index contributed by atoms with van der Waals surface area (Å²) < 4.78 is 18.7. The minimum atomic E-state index is -0.527. The molecule has 0 saturated carbocycles. The van der Waals surface area contributed by atoms with Gasteiger partial charge in [-0.05, 0) is 32.9 Å². The number of anilines is 1. The van der Waals surface area contributed by atoms with Gasteiger partial charge in [0.15, 0.2) is 0 Å². The van der Waals surface area contributed by atoms with E-state index in [4.69, 9.17) is 9.84 Å². The molecule has 0 radical (unpaired) electrons. The third kappa shape index (κ3) is 5.13. The molecule has 0 aliphatic carbocycles. The molecular weight excluding hydrogens is 251 g/mol. The van der Waals surface area contributed by atoms with Gasteiger partial charge in [0.2, 0.25) is 0 Å². The molecule has 1 aromatic carbocycles. The molecule has 2 amide bonds. The molecule has 1 atom stereocenters. The van der Waals surface area contributed by atoms with Gasteiger partial charge in [-0.3, -0.25) is 0 Å². The minimum Gasteiger partial charge on any atom is -0.489 e. The Morgan fingerprint density at radius 1 is 1.42 bits per heavy atom. The van der Waals surface area contributed by atoms with Gasteiger partial charge in [-0.1, -0.05) is 0 Å². The normalized spacial score (nSPS) is 12.1. The number of carbonyl (C=O) groups is 1. The van der Waals surface area contributed by atoms with Crippen LogP contribution in [0.1, 0.15) is 20.8 Å². The number of amides is 2. The molecule has 3 N–H and O–H groups in total. The Morgan fingerprint density at radius 2 is 2.11 bits per heavy atom. The van der Waals surface area contributed by atoms with Crippen LogP contribution < -0.4 is 15.4 Å². The highest BCUT2D eigenvalue weighted by atomic mass is 19.1. The molecule has 0 fully saturated rings. The predicted molar refractivity (Wildman–Crippen MR) is 70.9 cm³/mol. The molecule has 19 heavy (non-hydrogen) atoms. The van der Waals surface area contributed by atoms with Crippen LogP contribution in [0.15, 0.2) is 18.2 Å². The van der Waals surface area contributed by atoms with Crippen molar-refractivity contribution in [3.8, 4) is 5.75 Å². The van der Waals surface area contributed by atoms with Crippen molar-refractivity contribution < 1.29 is 19.0 Å². The summed E-state index contributed by atoms with van der Waals surface area (Å²) in [4.78, 5) is 11.6. The fraction of sp³-hybridized carbons (Fsp3) is 0.462. The van der Waals surface area contributed by atoms with E-state index in [-0.39, 0.29) is 24.4 Å². The van der Waals surface area contributed by atoms with Crippen LogP contribution in [0.5, 0.6) is 5.75 Å². The number of aliphatic hydroxyl groups excluding tert-OH is 1. The fourth-order valence-corrected chi connectivity index (χ4v) is 1.38. The molecule has 106 valence electrons. The van der Waals surface area contributed by atoms with Gasteiger partial charge in [0.1, 0.15) is 11.6 Å². The van der Waals surface area contributed by atoms with Crippen LogP contribution in [-0.2, 0) is 0 Å². The van der Waals surface area contributed by atoms with Crippen LogP contribution in [0.4, 0.5) is 14.9 Å². The first-order valence-electron chi connectivity index (χ1n) is 6.07. The molecule has 0 heterocycles. The zero-order valence-electron chi connectivity index (χ0n) is 11.2. The van der Waals surface area contributed by atoms with Crippen LogP contribution in [-0.4, -0.2) is 29.9 Å².